The maximum atomic E-state index is 9.68. The number of nitrogens with two attached hydrogens (primary N) is 1. The van der Waals surface area contributed by atoms with E-state index in [0.717, 1.165) is 48.8 Å². The van der Waals surface area contributed by atoms with E-state index in [1.807, 2.05) is 18.2 Å². The number of pyridine rings is 1. The van der Waals surface area contributed by atoms with Crippen molar-refractivity contribution in [2.45, 2.75) is 6.61 Å². The highest BCUT2D eigenvalue weighted by molar-refractivity contribution is 5.79. The number of rotatable bonds is 5. The van der Waals surface area contributed by atoms with Gasteiger partial charge in [0.25, 0.3) is 0 Å². The van der Waals surface area contributed by atoms with Gasteiger partial charge in [-0.15, -0.1) is 5.10 Å². The molecule has 1 fully saturated rings. The minimum absolute atomic E-state index is 0.174. The highest BCUT2D eigenvalue weighted by atomic mass is 16.5. The first-order valence-electron chi connectivity index (χ1n) is 10.1. The van der Waals surface area contributed by atoms with Gasteiger partial charge in [-0.3, -0.25) is 0 Å². The van der Waals surface area contributed by atoms with Crippen molar-refractivity contribution in [1.82, 2.24) is 35.7 Å². The normalized spacial score (nSPS) is 13.8. The van der Waals surface area contributed by atoms with Gasteiger partial charge in [-0.05, 0) is 11.6 Å². The molecule has 1 saturated heterocycles. The van der Waals surface area contributed by atoms with E-state index in [1.54, 1.807) is 18.5 Å². The van der Waals surface area contributed by atoms with E-state index in [-0.39, 0.29) is 6.61 Å². The van der Waals surface area contributed by atoms with E-state index >= 15 is 0 Å². The highest BCUT2D eigenvalue weighted by Gasteiger charge is 2.14. The zero-order chi connectivity index (χ0) is 21.9. The van der Waals surface area contributed by atoms with Gasteiger partial charge < -0.3 is 20.7 Å². The number of ether oxygens (including phenoxy) is 1. The minimum Gasteiger partial charge on any atom is -0.486 e. The Kier molecular flexibility index (Phi) is 5.19. The lowest BCUT2D eigenvalue weighted by Crippen LogP contribution is -2.44. The smallest absolute Gasteiger partial charge is 0.225 e. The van der Waals surface area contributed by atoms with Gasteiger partial charge in [-0.1, -0.05) is 17.3 Å². The number of benzene rings is 1. The molecule has 160 valence electrons. The lowest BCUT2D eigenvalue weighted by atomic mass is 10.0. The second-order valence-electron chi connectivity index (χ2n) is 7.34. The van der Waals surface area contributed by atoms with Crippen molar-refractivity contribution in [3.05, 3.63) is 47.8 Å². The van der Waals surface area contributed by atoms with E-state index in [0.29, 0.717) is 28.3 Å². The van der Waals surface area contributed by atoms with Crippen LogP contribution in [0.1, 0.15) is 11.1 Å². The maximum absolute atomic E-state index is 9.68. The average molecular weight is 428 g/mol. The molecule has 1 aliphatic rings. The summed E-state index contributed by atoms with van der Waals surface area (Å²) < 4.78 is 5.89. The molecule has 0 unspecified atom stereocenters. The third kappa shape index (κ3) is 3.86. The number of nitrogen functional groups attached to an aromatic ring is 1. The second kappa shape index (κ2) is 8.44. The maximum Gasteiger partial charge on any atom is 0.225 e. The molecule has 4 heterocycles. The summed E-state index contributed by atoms with van der Waals surface area (Å²) in [4.78, 5) is 15.3. The Hall–Kier alpha value is -4.30. The van der Waals surface area contributed by atoms with Crippen LogP contribution in [0.5, 0.6) is 5.75 Å². The molecule has 11 nitrogen and oxygen atoms in total. The molecule has 1 aliphatic heterocycles. The van der Waals surface area contributed by atoms with Crippen LogP contribution in [0.3, 0.4) is 0 Å². The molecule has 0 saturated carbocycles. The molecule has 4 N–H and O–H groups in total. The number of nitrogens with zero attached hydrogens (tertiary/aromatic N) is 7. The van der Waals surface area contributed by atoms with Gasteiger partial charge in [-0.2, -0.15) is 5.26 Å². The van der Waals surface area contributed by atoms with Gasteiger partial charge in [0.05, 0.1) is 11.6 Å². The molecule has 5 rings (SSSR count). The summed E-state index contributed by atoms with van der Waals surface area (Å²) in [6, 6.07) is 9.43. The molecule has 0 amide bonds. The quantitative estimate of drug-likeness (QED) is 0.423. The number of aromatic nitrogens is 6. The zero-order valence-electron chi connectivity index (χ0n) is 17.1. The van der Waals surface area contributed by atoms with Crippen molar-refractivity contribution in [3.8, 4) is 22.9 Å². The molecular formula is C21H20N10O. The fourth-order valence-electron chi connectivity index (χ4n) is 3.58. The van der Waals surface area contributed by atoms with Gasteiger partial charge in [0, 0.05) is 55.8 Å². The molecule has 1 aromatic carbocycles. The van der Waals surface area contributed by atoms with Crippen LogP contribution in [0.25, 0.3) is 22.3 Å². The summed E-state index contributed by atoms with van der Waals surface area (Å²) in [6.45, 7) is 3.79. The first-order chi connectivity index (χ1) is 15.7. The Morgan fingerprint density at radius 3 is 2.72 bits per heavy atom. The summed E-state index contributed by atoms with van der Waals surface area (Å²) in [5, 5.41) is 23.4. The van der Waals surface area contributed by atoms with Crippen LogP contribution in [-0.2, 0) is 6.61 Å². The number of anilines is 2. The standard InChI is InChI=1S/C21H20N10O/c22-9-15-7-13(16-10-25-21(26-11-16)31-5-3-24-4-6-31)1-2-14(15)12-32-17-8-18(23)27-20-19(17)28-30-29-20/h1-2,7-8,10-11,24H,3-6,12H2,(H3,23,27,28,29,30). The summed E-state index contributed by atoms with van der Waals surface area (Å²) in [5.41, 5.74) is 9.70. The van der Waals surface area contributed by atoms with Crippen molar-refractivity contribution in [2.75, 3.05) is 36.8 Å². The van der Waals surface area contributed by atoms with E-state index in [4.69, 9.17) is 10.5 Å². The number of nitrogens with one attached hydrogen (secondary N) is 2. The largest absolute Gasteiger partial charge is 0.486 e. The summed E-state index contributed by atoms with van der Waals surface area (Å²) in [7, 11) is 0. The number of aromatic amines is 1. The first kappa shape index (κ1) is 19.7. The fraction of sp³-hybridized carbons (Fsp3) is 0.238. The number of nitriles is 1. The number of hydrogen-bond donors (Lipinski definition) is 3. The van der Waals surface area contributed by atoms with Crippen LogP contribution in [0, 0.1) is 11.3 Å². The Morgan fingerprint density at radius 1 is 1.12 bits per heavy atom. The van der Waals surface area contributed by atoms with Crippen LogP contribution >= 0.6 is 0 Å². The predicted molar refractivity (Wildman–Crippen MR) is 118 cm³/mol. The van der Waals surface area contributed by atoms with Crippen LogP contribution in [0.4, 0.5) is 11.8 Å². The van der Waals surface area contributed by atoms with Crippen molar-refractivity contribution < 1.29 is 4.74 Å². The topological polar surface area (TPSA) is 155 Å². The highest BCUT2D eigenvalue weighted by Crippen LogP contribution is 2.26. The Bertz CT molecular complexity index is 1290. The molecule has 0 spiro atoms. The van der Waals surface area contributed by atoms with Crippen LogP contribution in [0.15, 0.2) is 36.7 Å². The SMILES string of the molecule is N#Cc1cc(-c2cnc(N3CCNCC3)nc2)ccc1COc1cc(N)nc2[nH]nnc12. The van der Waals surface area contributed by atoms with Crippen molar-refractivity contribution >= 4 is 22.9 Å². The summed E-state index contributed by atoms with van der Waals surface area (Å²) >= 11 is 0. The number of piperazine rings is 1. The van der Waals surface area contributed by atoms with Gasteiger partial charge in [0.1, 0.15) is 12.4 Å². The lowest BCUT2D eigenvalue weighted by molar-refractivity contribution is 0.309. The molecule has 11 heteroatoms. The molecule has 32 heavy (non-hydrogen) atoms. The average Bonchev–Trinajstić information content (AvgIpc) is 3.31. The number of H-pyrrole nitrogens is 1. The van der Waals surface area contributed by atoms with Crippen molar-refractivity contribution in [3.63, 3.8) is 0 Å². The Balaban J connectivity index is 1.35. The monoisotopic (exact) mass is 428 g/mol. The van der Waals surface area contributed by atoms with Crippen LogP contribution in [-0.4, -0.2) is 56.5 Å². The molecule has 0 atom stereocenters. The van der Waals surface area contributed by atoms with Crippen LogP contribution in [0.2, 0.25) is 0 Å². The van der Waals surface area contributed by atoms with E-state index < -0.39 is 0 Å². The van der Waals surface area contributed by atoms with Gasteiger partial charge in [0.2, 0.25) is 5.95 Å². The third-order valence-electron chi connectivity index (χ3n) is 5.27. The van der Waals surface area contributed by atoms with Crippen molar-refractivity contribution in [2.24, 2.45) is 0 Å². The predicted octanol–water partition coefficient (Wildman–Crippen LogP) is 1.25. The van der Waals surface area contributed by atoms with Crippen molar-refractivity contribution in [1.29, 1.82) is 5.26 Å². The number of hydrogen-bond acceptors (Lipinski definition) is 10. The summed E-state index contributed by atoms with van der Waals surface area (Å²) in [5.74, 6) is 1.46. The lowest BCUT2D eigenvalue weighted by Gasteiger charge is -2.27. The van der Waals surface area contributed by atoms with Gasteiger partial charge >= 0.3 is 0 Å². The molecule has 3 aromatic heterocycles. The molecular weight excluding hydrogens is 408 g/mol. The fourth-order valence-corrected chi connectivity index (χ4v) is 3.58. The summed E-state index contributed by atoms with van der Waals surface area (Å²) in [6.07, 6.45) is 3.58. The van der Waals surface area contributed by atoms with E-state index in [2.05, 4.69) is 46.6 Å². The second-order valence-corrected chi connectivity index (χ2v) is 7.34. The van der Waals surface area contributed by atoms with Gasteiger partial charge in [0.15, 0.2) is 16.9 Å². The Morgan fingerprint density at radius 2 is 1.94 bits per heavy atom. The molecule has 4 aromatic rings. The number of fused-ring (bicyclic) bond motifs is 1. The molecule has 0 aliphatic carbocycles. The van der Waals surface area contributed by atoms with E-state index in [1.165, 1.54) is 0 Å². The first-order valence-corrected chi connectivity index (χ1v) is 10.1. The van der Waals surface area contributed by atoms with E-state index in [9.17, 15) is 5.26 Å². The minimum atomic E-state index is 0.174. The molecule has 0 radical (unpaired) electrons. The van der Waals surface area contributed by atoms with Gasteiger partial charge in [-0.25, -0.2) is 20.1 Å². The third-order valence-corrected chi connectivity index (χ3v) is 5.27. The zero-order valence-corrected chi connectivity index (χ0v) is 17.1. The van der Waals surface area contributed by atoms with Crippen LogP contribution < -0.4 is 20.7 Å². The Labute approximate surface area is 183 Å². The molecule has 0 bridgehead atoms.